The number of ether oxygens (including phenoxy) is 1. The Morgan fingerprint density at radius 3 is 2.92 bits per heavy atom. The molecule has 0 saturated heterocycles. The van der Waals surface area contributed by atoms with Gasteiger partial charge in [-0.2, -0.15) is 0 Å². The molecule has 1 atom stereocenters. The molecule has 0 spiro atoms. The van der Waals surface area contributed by atoms with Crippen LogP contribution < -0.4 is 15.0 Å². The van der Waals surface area contributed by atoms with Crippen molar-refractivity contribution in [2.45, 2.75) is 13.0 Å². The van der Waals surface area contributed by atoms with Gasteiger partial charge in [-0.15, -0.1) is 0 Å². The summed E-state index contributed by atoms with van der Waals surface area (Å²) in [6, 6.07) is 10.0. The fourth-order valence-corrected chi connectivity index (χ4v) is 2.94. The summed E-state index contributed by atoms with van der Waals surface area (Å²) in [5.41, 5.74) is 2.29. The van der Waals surface area contributed by atoms with Gasteiger partial charge in [0.15, 0.2) is 0 Å². The lowest BCUT2D eigenvalue weighted by molar-refractivity contribution is -0.117. The molecule has 2 aromatic rings. The standard InChI is InChI=1S/C20H20ClFN2O2/c1-13(15-4-7-19-18(11-15)24(2)9-10-26-19)23-20(25)8-5-14-3-6-16(21)12-17(14)22/h3-8,11-13H,9-10H2,1-2H3,(H,23,25)/b8-5+. The number of hydrogen-bond donors (Lipinski definition) is 1. The van der Waals surface area contributed by atoms with Crippen LogP contribution in [0.1, 0.15) is 24.1 Å². The summed E-state index contributed by atoms with van der Waals surface area (Å²) in [4.78, 5) is 14.3. The lowest BCUT2D eigenvalue weighted by atomic mass is 10.1. The minimum absolute atomic E-state index is 0.192. The third-order valence-corrected chi connectivity index (χ3v) is 4.55. The highest BCUT2D eigenvalue weighted by Gasteiger charge is 2.17. The Kier molecular flexibility index (Phi) is 5.47. The highest BCUT2D eigenvalue weighted by molar-refractivity contribution is 6.30. The Bertz CT molecular complexity index is 854. The number of carbonyl (C=O) groups is 1. The fraction of sp³-hybridized carbons (Fsp3) is 0.250. The first-order chi connectivity index (χ1) is 12.4. The van der Waals surface area contributed by atoms with Gasteiger partial charge in [-0.1, -0.05) is 23.7 Å². The number of hydrogen-bond acceptors (Lipinski definition) is 3. The molecule has 2 aromatic carbocycles. The van der Waals surface area contributed by atoms with Gasteiger partial charge in [0.1, 0.15) is 18.2 Å². The SMILES string of the molecule is CC(NC(=O)/C=C/c1ccc(Cl)cc1F)c1ccc2c(c1)N(C)CCO2. The Labute approximate surface area is 157 Å². The van der Waals surface area contributed by atoms with Gasteiger partial charge < -0.3 is 15.0 Å². The van der Waals surface area contributed by atoms with Crippen molar-refractivity contribution in [2.75, 3.05) is 25.1 Å². The molecule has 3 rings (SSSR count). The number of benzene rings is 2. The van der Waals surface area contributed by atoms with Crippen LogP contribution in [-0.4, -0.2) is 26.1 Å². The molecule has 1 unspecified atom stereocenters. The molecule has 0 saturated carbocycles. The molecular formula is C20H20ClFN2O2. The zero-order chi connectivity index (χ0) is 18.7. The van der Waals surface area contributed by atoms with Crippen molar-refractivity contribution in [3.8, 4) is 5.75 Å². The van der Waals surface area contributed by atoms with E-state index in [9.17, 15) is 9.18 Å². The van der Waals surface area contributed by atoms with E-state index in [-0.39, 0.29) is 11.9 Å². The van der Waals surface area contributed by atoms with Crippen LogP contribution in [0.15, 0.2) is 42.5 Å². The summed E-state index contributed by atoms with van der Waals surface area (Å²) in [5, 5.41) is 3.20. The number of rotatable bonds is 4. The number of amides is 1. The molecule has 4 nitrogen and oxygen atoms in total. The van der Waals surface area contributed by atoms with Gasteiger partial charge in [0.2, 0.25) is 5.91 Å². The predicted octanol–water partition coefficient (Wildman–Crippen LogP) is 4.20. The van der Waals surface area contributed by atoms with E-state index in [4.69, 9.17) is 16.3 Å². The van der Waals surface area contributed by atoms with Crippen molar-refractivity contribution >= 4 is 29.3 Å². The highest BCUT2D eigenvalue weighted by atomic mass is 35.5. The quantitative estimate of drug-likeness (QED) is 0.815. The van der Waals surface area contributed by atoms with Gasteiger partial charge in [-0.05, 0) is 42.8 Å². The van der Waals surface area contributed by atoms with Crippen molar-refractivity contribution in [3.63, 3.8) is 0 Å². The van der Waals surface area contributed by atoms with Crippen LogP contribution in [-0.2, 0) is 4.79 Å². The van der Waals surface area contributed by atoms with Crippen molar-refractivity contribution in [2.24, 2.45) is 0 Å². The maximum Gasteiger partial charge on any atom is 0.244 e. The Hall–Kier alpha value is -2.53. The summed E-state index contributed by atoms with van der Waals surface area (Å²) in [7, 11) is 2.01. The summed E-state index contributed by atoms with van der Waals surface area (Å²) in [6.45, 7) is 3.40. The third kappa shape index (κ3) is 4.17. The zero-order valence-electron chi connectivity index (χ0n) is 14.6. The monoisotopic (exact) mass is 374 g/mol. The Morgan fingerprint density at radius 1 is 1.35 bits per heavy atom. The van der Waals surface area contributed by atoms with Crippen LogP contribution in [0.3, 0.4) is 0 Å². The van der Waals surface area contributed by atoms with Gasteiger partial charge >= 0.3 is 0 Å². The second-order valence-electron chi connectivity index (χ2n) is 6.23. The largest absolute Gasteiger partial charge is 0.490 e. The molecule has 0 aromatic heterocycles. The smallest absolute Gasteiger partial charge is 0.244 e. The number of likely N-dealkylation sites (N-methyl/N-ethyl adjacent to an activating group) is 1. The van der Waals surface area contributed by atoms with Crippen LogP contribution in [0.25, 0.3) is 6.08 Å². The summed E-state index contributed by atoms with van der Waals surface area (Å²) in [5.74, 6) is 0.0839. The first-order valence-corrected chi connectivity index (χ1v) is 8.73. The normalized spacial score (nSPS) is 14.7. The van der Waals surface area contributed by atoms with E-state index >= 15 is 0 Å². The number of anilines is 1. The van der Waals surface area contributed by atoms with Crippen molar-refractivity contribution < 1.29 is 13.9 Å². The zero-order valence-corrected chi connectivity index (χ0v) is 15.4. The molecular weight excluding hydrogens is 355 g/mol. The van der Waals surface area contributed by atoms with Crippen LogP contribution in [0.2, 0.25) is 5.02 Å². The summed E-state index contributed by atoms with van der Waals surface area (Å²) < 4.78 is 19.4. The van der Waals surface area contributed by atoms with E-state index < -0.39 is 5.82 Å². The fourth-order valence-electron chi connectivity index (χ4n) is 2.78. The maximum atomic E-state index is 13.7. The highest BCUT2D eigenvalue weighted by Crippen LogP contribution is 2.33. The summed E-state index contributed by atoms with van der Waals surface area (Å²) in [6.07, 6.45) is 2.75. The Balaban J connectivity index is 1.67. The number of nitrogens with zero attached hydrogens (tertiary/aromatic N) is 1. The third-order valence-electron chi connectivity index (χ3n) is 4.31. The molecule has 1 aliphatic rings. The summed E-state index contributed by atoms with van der Waals surface area (Å²) >= 11 is 5.72. The van der Waals surface area contributed by atoms with E-state index in [0.29, 0.717) is 17.2 Å². The van der Waals surface area contributed by atoms with Gasteiger partial charge in [0.05, 0.1) is 18.3 Å². The molecule has 1 aliphatic heterocycles. The molecule has 0 fully saturated rings. The van der Waals surface area contributed by atoms with E-state index in [1.807, 2.05) is 32.2 Å². The molecule has 1 N–H and O–H groups in total. The van der Waals surface area contributed by atoms with Crippen LogP contribution in [0, 0.1) is 5.82 Å². The lowest BCUT2D eigenvalue weighted by Crippen LogP contribution is -2.29. The molecule has 0 radical (unpaired) electrons. The van der Waals surface area contributed by atoms with Crippen LogP contribution >= 0.6 is 11.6 Å². The average molecular weight is 375 g/mol. The van der Waals surface area contributed by atoms with Gasteiger partial charge in [-0.3, -0.25) is 4.79 Å². The Morgan fingerprint density at radius 2 is 2.15 bits per heavy atom. The number of carbonyl (C=O) groups excluding carboxylic acids is 1. The van der Waals surface area contributed by atoms with E-state index in [2.05, 4.69) is 10.2 Å². The van der Waals surface area contributed by atoms with E-state index in [1.54, 1.807) is 6.07 Å². The van der Waals surface area contributed by atoms with Crippen LogP contribution in [0.5, 0.6) is 5.75 Å². The number of fused-ring (bicyclic) bond motifs is 1. The minimum atomic E-state index is -0.465. The maximum absolute atomic E-state index is 13.7. The van der Waals surface area contributed by atoms with Gasteiger partial charge in [0, 0.05) is 23.7 Å². The molecule has 1 amide bonds. The van der Waals surface area contributed by atoms with Crippen molar-refractivity contribution in [3.05, 3.63) is 64.4 Å². The van der Waals surface area contributed by atoms with Crippen molar-refractivity contribution in [1.29, 1.82) is 0 Å². The number of halogens is 2. The lowest BCUT2D eigenvalue weighted by Gasteiger charge is -2.28. The first kappa shape index (κ1) is 18.3. The predicted molar refractivity (Wildman–Crippen MR) is 102 cm³/mol. The average Bonchev–Trinajstić information content (AvgIpc) is 2.61. The van der Waals surface area contributed by atoms with E-state index in [1.165, 1.54) is 24.3 Å². The van der Waals surface area contributed by atoms with Crippen LogP contribution in [0.4, 0.5) is 10.1 Å². The topological polar surface area (TPSA) is 41.6 Å². The first-order valence-electron chi connectivity index (χ1n) is 8.35. The minimum Gasteiger partial charge on any atom is -0.490 e. The number of nitrogens with one attached hydrogen (secondary N) is 1. The van der Waals surface area contributed by atoms with E-state index in [0.717, 1.165) is 23.5 Å². The molecule has 136 valence electrons. The van der Waals surface area contributed by atoms with Gasteiger partial charge in [-0.25, -0.2) is 4.39 Å². The van der Waals surface area contributed by atoms with Crippen molar-refractivity contribution in [1.82, 2.24) is 5.32 Å². The molecule has 1 heterocycles. The van der Waals surface area contributed by atoms with Gasteiger partial charge in [0.25, 0.3) is 0 Å². The second-order valence-corrected chi connectivity index (χ2v) is 6.66. The molecule has 0 bridgehead atoms. The second kappa shape index (κ2) is 7.79. The molecule has 26 heavy (non-hydrogen) atoms. The molecule has 6 heteroatoms. The molecule has 0 aliphatic carbocycles.